The van der Waals surface area contributed by atoms with Crippen molar-refractivity contribution >= 4 is 11.8 Å². The van der Waals surface area contributed by atoms with Crippen molar-refractivity contribution in [2.75, 3.05) is 19.0 Å². The maximum absolute atomic E-state index is 13.2. The number of rotatable bonds is 16. The van der Waals surface area contributed by atoms with Crippen molar-refractivity contribution in [1.82, 2.24) is 14.8 Å². The number of aromatic carboxylic acids is 1. The number of hydrogen-bond acceptors (Lipinski definition) is 7. The van der Waals surface area contributed by atoms with Crippen LogP contribution in [0.25, 0.3) is 11.3 Å². The van der Waals surface area contributed by atoms with Gasteiger partial charge in [-0.25, -0.2) is 9.78 Å². The number of benzene rings is 1. The highest BCUT2D eigenvalue weighted by atomic mass is 19.3. The van der Waals surface area contributed by atoms with Gasteiger partial charge < -0.3 is 24.0 Å². The van der Waals surface area contributed by atoms with E-state index in [4.69, 9.17) is 18.7 Å². The molecule has 3 heterocycles. The lowest BCUT2D eigenvalue weighted by Crippen LogP contribution is -2.05. The summed E-state index contributed by atoms with van der Waals surface area (Å²) in [5, 5.41) is 16.7. The Kier molecular flexibility index (Phi) is 12.8. The number of halogens is 2. The minimum Gasteiger partial charge on any atom is -0.497 e. The third-order valence-electron chi connectivity index (χ3n) is 6.66. The average molecular weight is 601 g/mol. The standard InChI is InChI=1S/C20H31F2N3O.C12H11NO4/c1-3-4-5-6-7-8-9-10-14-23-19-13-15-25(24-19)16-17-11-12-18(26-17)20(2,21)22;1-7-13-10(12(14)15)11(17-7)8-4-3-5-9(6-8)16-2/h11-13,15H,3-10,14,16H2,1-2H3,(H,23,24);3-6H,1-2H3,(H,14,15). The number of anilines is 1. The molecule has 2 N–H and O–H groups in total. The number of oxazole rings is 1. The summed E-state index contributed by atoms with van der Waals surface area (Å²) in [6.07, 6.45) is 12.2. The average Bonchev–Trinajstić information content (AvgIpc) is 3.73. The number of carboxylic acids is 1. The first-order valence-corrected chi connectivity index (χ1v) is 14.7. The molecule has 0 aliphatic heterocycles. The van der Waals surface area contributed by atoms with Gasteiger partial charge in [0.05, 0.1) is 13.7 Å². The monoisotopic (exact) mass is 600 g/mol. The smallest absolute Gasteiger partial charge is 0.358 e. The fourth-order valence-corrected chi connectivity index (χ4v) is 4.41. The van der Waals surface area contributed by atoms with Gasteiger partial charge in [-0.15, -0.1) is 0 Å². The van der Waals surface area contributed by atoms with Crippen LogP contribution in [0.15, 0.2) is 57.5 Å². The van der Waals surface area contributed by atoms with E-state index >= 15 is 0 Å². The van der Waals surface area contributed by atoms with E-state index in [9.17, 15) is 13.6 Å². The lowest BCUT2D eigenvalue weighted by Gasteiger charge is -2.05. The molecule has 234 valence electrons. The molecule has 11 heteroatoms. The number of aryl methyl sites for hydroxylation is 1. The highest BCUT2D eigenvalue weighted by Gasteiger charge is 2.28. The highest BCUT2D eigenvalue weighted by molar-refractivity contribution is 5.92. The molecule has 0 amide bonds. The highest BCUT2D eigenvalue weighted by Crippen LogP contribution is 2.29. The first-order chi connectivity index (χ1) is 20.6. The van der Waals surface area contributed by atoms with Gasteiger partial charge in [-0.3, -0.25) is 4.68 Å². The number of ether oxygens (including phenoxy) is 1. The molecule has 4 rings (SSSR count). The van der Waals surface area contributed by atoms with E-state index in [-0.39, 0.29) is 17.2 Å². The minimum absolute atomic E-state index is 0.0873. The molecule has 0 atom stereocenters. The summed E-state index contributed by atoms with van der Waals surface area (Å²) in [6, 6.07) is 11.8. The van der Waals surface area contributed by atoms with Gasteiger partial charge in [0.1, 0.15) is 17.3 Å². The van der Waals surface area contributed by atoms with Crippen molar-refractivity contribution in [1.29, 1.82) is 0 Å². The molecule has 0 bridgehead atoms. The number of carbonyl (C=O) groups is 1. The number of nitrogens with zero attached hydrogens (tertiary/aromatic N) is 3. The van der Waals surface area contributed by atoms with Gasteiger partial charge >= 0.3 is 11.9 Å². The maximum atomic E-state index is 13.2. The second-order valence-corrected chi connectivity index (χ2v) is 10.4. The fourth-order valence-electron chi connectivity index (χ4n) is 4.41. The summed E-state index contributed by atoms with van der Waals surface area (Å²) in [5.74, 6) is -1.90. The zero-order valence-corrected chi connectivity index (χ0v) is 25.4. The number of methoxy groups -OCH3 is 1. The summed E-state index contributed by atoms with van der Waals surface area (Å²) in [7, 11) is 1.54. The second-order valence-electron chi connectivity index (χ2n) is 10.4. The Morgan fingerprint density at radius 1 is 1.05 bits per heavy atom. The Balaban J connectivity index is 0.000000257. The summed E-state index contributed by atoms with van der Waals surface area (Å²) in [4.78, 5) is 14.8. The molecule has 43 heavy (non-hydrogen) atoms. The molecule has 9 nitrogen and oxygen atoms in total. The molecule has 0 fully saturated rings. The van der Waals surface area contributed by atoms with Gasteiger partial charge in [0.25, 0.3) is 0 Å². The number of alkyl halides is 2. The van der Waals surface area contributed by atoms with Crippen LogP contribution in [0.2, 0.25) is 0 Å². The number of furan rings is 1. The van der Waals surface area contributed by atoms with Crippen molar-refractivity contribution in [2.24, 2.45) is 0 Å². The van der Waals surface area contributed by atoms with E-state index in [1.165, 1.54) is 51.0 Å². The molecule has 3 aromatic heterocycles. The lowest BCUT2D eigenvalue weighted by atomic mass is 10.1. The van der Waals surface area contributed by atoms with Crippen molar-refractivity contribution in [3.63, 3.8) is 0 Å². The molecule has 0 saturated carbocycles. The van der Waals surface area contributed by atoms with Crippen LogP contribution in [0.1, 0.15) is 93.1 Å². The van der Waals surface area contributed by atoms with E-state index in [0.29, 0.717) is 29.5 Å². The Labute approximate surface area is 251 Å². The number of nitrogens with one attached hydrogen (secondary N) is 1. The summed E-state index contributed by atoms with van der Waals surface area (Å²) >= 11 is 0. The fraction of sp³-hybridized carbons (Fsp3) is 0.469. The zero-order valence-electron chi connectivity index (χ0n) is 25.4. The lowest BCUT2D eigenvalue weighted by molar-refractivity contribution is -0.00637. The van der Waals surface area contributed by atoms with Gasteiger partial charge in [-0.2, -0.15) is 13.9 Å². The van der Waals surface area contributed by atoms with Crippen molar-refractivity contribution in [2.45, 2.75) is 84.6 Å². The number of unbranched alkanes of at least 4 members (excludes halogenated alkanes) is 7. The van der Waals surface area contributed by atoms with E-state index in [2.05, 4.69) is 22.3 Å². The molecule has 0 radical (unpaired) electrons. The third kappa shape index (κ3) is 10.9. The second kappa shape index (κ2) is 16.5. The van der Waals surface area contributed by atoms with Crippen molar-refractivity contribution in [3.8, 4) is 17.1 Å². The van der Waals surface area contributed by atoms with Crippen LogP contribution < -0.4 is 10.1 Å². The summed E-state index contributed by atoms with van der Waals surface area (Å²) in [6.45, 7) is 5.92. The predicted octanol–water partition coefficient (Wildman–Crippen LogP) is 8.55. The van der Waals surface area contributed by atoms with E-state index < -0.39 is 11.9 Å². The van der Waals surface area contributed by atoms with Gasteiger partial charge in [-0.05, 0) is 30.7 Å². The van der Waals surface area contributed by atoms with Crippen LogP contribution in [0, 0.1) is 6.92 Å². The molecular formula is C32H42F2N4O5. The molecule has 0 aliphatic carbocycles. The topological polar surface area (TPSA) is 116 Å². The van der Waals surface area contributed by atoms with Crippen LogP contribution in [0.5, 0.6) is 5.75 Å². The molecule has 0 aliphatic rings. The zero-order chi connectivity index (χ0) is 31.2. The first kappa shape index (κ1) is 33.4. The molecule has 0 unspecified atom stereocenters. The minimum atomic E-state index is -2.95. The van der Waals surface area contributed by atoms with Crippen LogP contribution >= 0.6 is 0 Å². The van der Waals surface area contributed by atoms with Gasteiger partial charge in [0.2, 0.25) is 0 Å². The van der Waals surface area contributed by atoms with E-state index in [0.717, 1.165) is 25.7 Å². The molecule has 0 spiro atoms. The first-order valence-electron chi connectivity index (χ1n) is 14.7. The van der Waals surface area contributed by atoms with Gasteiger partial charge in [0.15, 0.2) is 23.1 Å². The van der Waals surface area contributed by atoms with Crippen LogP contribution in [-0.2, 0) is 12.5 Å². The van der Waals surface area contributed by atoms with Crippen molar-refractivity contribution in [3.05, 3.63) is 71.8 Å². The van der Waals surface area contributed by atoms with Crippen molar-refractivity contribution < 1.29 is 32.3 Å². The number of carboxylic acid groups (broad SMARTS) is 1. The molecule has 1 aromatic carbocycles. The normalized spacial score (nSPS) is 11.2. The summed E-state index contributed by atoms with van der Waals surface area (Å²) < 4.78 is 43.6. The Hall–Kier alpha value is -4.15. The van der Waals surface area contributed by atoms with Crippen LogP contribution in [-0.4, -0.2) is 39.5 Å². The Morgan fingerprint density at radius 3 is 2.42 bits per heavy atom. The Bertz CT molecular complexity index is 1410. The summed E-state index contributed by atoms with van der Waals surface area (Å²) in [5.41, 5.74) is 0.540. The van der Waals surface area contributed by atoms with Crippen LogP contribution in [0.3, 0.4) is 0 Å². The molecule has 4 aromatic rings. The van der Waals surface area contributed by atoms with E-state index in [1.807, 2.05) is 12.3 Å². The molecule has 0 saturated heterocycles. The quantitative estimate of drug-likeness (QED) is 0.123. The Morgan fingerprint density at radius 2 is 1.77 bits per heavy atom. The van der Waals surface area contributed by atoms with Crippen LogP contribution in [0.4, 0.5) is 14.6 Å². The van der Waals surface area contributed by atoms with E-state index in [1.54, 1.807) is 49.0 Å². The number of aromatic nitrogens is 3. The maximum Gasteiger partial charge on any atom is 0.358 e. The predicted molar refractivity (Wildman–Crippen MR) is 161 cm³/mol. The largest absolute Gasteiger partial charge is 0.497 e. The SMILES string of the molecule is CCCCCCCCCCNc1ccn(Cc2ccc(C(C)(F)F)o2)n1.COc1cccc(-c2oc(C)nc2C(=O)O)c1. The van der Waals surface area contributed by atoms with Gasteiger partial charge in [0, 0.05) is 38.2 Å². The third-order valence-corrected chi connectivity index (χ3v) is 6.66. The number of hydrogen-bond donors (Lipinski definition) is 2. The van der Waals surface area contributed by atoms with Gasteiger partial charge in [-0.1, -0.05) is 64.0 Å². The molecular weight excluding hydrogens is 558 g/mol.